The molecule has 84 valence electrons. The Morgan fingerprint density at radius 3 is 2.81 bits per heavy atom. The fraction of sp³-hybridized carbons (Fsp3) is 0.273. The number of fused-ring (bicyclic) bond motifs is 1. The van der Waals surface area contributed by atoms with E-state index in [1.807, 2.05) is 0 Å². The van der Waals surface area contributed by atoms with E-state index >= 15 is 0 Å². The molecule has 5 nitrogen and oxygen atoms in total. The van der Waals surface area contributed by atoms with Crippen molar-refractivity contribution in [3.63, 3.8) is 0 Å². The van der Waals surface area contributed by atoms with Crippen molar-refractivity contribution in [1.82, 2.24) is 4.90 Å². The molecule has 1 unspecified atom stereocenters. The molecule has 0 fully saturated rings. The maximum absolute atomic E-state index is 11.6. The molecule has 16 heavy (non-hydrogen) atoms. The van der Waals surface area contributed by atoms with Crippen LogP contribution in [0, 0.1) is 0 Å². The zero-order valence-corrected chi connectivity index (χ0v) is 8.67. The molecule has 1 atom stereocenters. The molecular weight excluding hydrogens is 210 g/mol. The lowest BCUT2D eigenvalue weighted by atomic mass is 10.0. The molecular formula is C11H11NO4. The highest BCUT2D eigenvalue weighted by Crippen LogP contribution is 2.25. The minimum atomic E-state index is -1.58. The summed E-state index contributed by atoms with van der Waals surface area (Å²) in [5.74, 6) is -1.46. The predicted molar refractivity (Wildman–Crippen MR) is 54.8 cm³/mol. The summed E-state index contributed by atoms with van der Waals surface area (Å²) in [6, 6.07) is 4.65. The lowest BCUT2D eigenvalue weighted by Crippen LogP contribution is -2.17. The number of carbonyl (C=O) groups is 2. The number of carboxylic acid groups (broad SMARTS) is 1. The van der Waals surface area contributed by atoms with Gasteiger partial charge in [-0.25, -0.2) is 4.79 Å². The van der Waals surface area contributed by atoms with Gasteiger partial charge in [0.25, 0.3) is 5.91 Å². The molecule has 0 saturated carbocycles. The summed E-state index contributed by atoms with van der Waals surface area (Å²) in [6.07, 6.45) is -1.58. The van der Waals surface area contributed by atoms with E-state index in [0.717, 1.165) is 5.56 Å². The Morgan fingerprint density at radius 2 is 2.19 bits per heavy atom. The third-order valence-corrected chi connectivity index (χ3v) is 2.67. The molecule has 2 N–H and O–H groups in total. The number of aliphatic carboxylic acids is 1. The van der Waals surface area contributed by atoms with E-state index in [9.17, 15) is 14.7 Å². The average Bonchev–Trinajstić information content (AvgIpc) is 2.53. The van der Waals surface area contributed by atoms with Gasteiger partial charge in [-0.3, -0.25) is 4.79 Å². The number of carboxylic acids is 1. The molecule has 1 aromatic carbocycles. The number of rotatable bonds is 2. The molecule has 1 aliphatic heterocycles. The average molecular weight is 221 g/mol. The number of hydrogen-bond donors (Lipinski definition) is 2. The largest absolute Gasteiger partial charge is 0.479 e. The van der Waals surface area contributed by atoms with Gasteiger partial charge in [-0.2, -0.15) is 0 Å². The molecule has 0 aromatic heterocycles. The SMILES string of the molecule is CN1Cc2ccc(C(O)C(=O)O)cc2C1=O. The van der Waals surface area contributed by atoms with Crippen molar-refractivity contribution >= 4 is 11.9 Å². The highest BCUT2D eigenvalue weighted by atomic mass is 16.4. The molecule has 5 heteroatoms. The Hall–Kier alpha value is -1.88. The summed E-state index contributed by atoms with van der Waals surface area (Å²) in [4.78, 5) is 23.8. The molecule has 1 aromatic rings. The van der Waals surface area contributed by atoms with Crippen LogP contribution in [0.3, 0.4) is 0 Å². The van der Waals surface area contributed by atoms with Gasteiger partial charge in [0.1, 0.15) is 0 Å². The van der Waals surface area contributed by atoms with Crippen LogP contribution in [0.4, 0.5) is 0 Å². The lowest BCUT2D eigenvalue weighted by molar-refractivity contribution is -0.146. The minimum Gasteiger partial charge on any atom is -0.479 e. The quantitative estimate of drug-likeness (QED) is 0.757. The number of aliphatic hydroxyl groups excluding tert-OH is 1. The van der Waals surface area contributed by atoms with Crippen molar-refractivity contribution in [3.05, 3.63) is 34.9 Å². The van der Waals surface area contributed by atoms with E-state index in [1.165, 1.54) is 12.1 Å². The first-order chi connectivity index (χ1) is 7.50. The summed E-state index contributed by atoms with van der Waals surface area (Å²) in [5, 5.41) is 18.0. The molecule has 1 amide bonds. The van der Waals surface area contributed by atoms with Gasteiger partial charge in [-0.05, 0) is 17.2 Å². The first-order valence-corrected chi connectivity index (χ1v) is 4.80. The Kier molecular flexibility index (Phi) is 2.40. The monoisotopic (exact) mass is 221 g/mol. The second-order valence-electron chi connectivity index (χ2n) is 3.82. The zero-order chi connectivity index (χ0) is 11.9. The van der Waals surface area contributed by atoms with E-state index in [4.69, 9.17) is 5.11 Å². The van der Waals surface area contributed by atoms with Crippen LogP contribution in [0.25, 0.3) is 0 Å². The molecule has 0 spiro atoms. The second kappa shape index (κ2) is 3.61. The Balaban J connectivity index is 2.41. The number of amides is 1. The van der Waals surface area contributed by atoms with Crippen LogP contribution in [0.5, 0.6) is 0 Å². The van der Waals surface area contributed by atoms with Crippen LogP contribution >= 0.6 is 0 Å². The lowest BCUT2D eigenvalue weighted by Gasteiger charge is -2.06. The standard InChI is InChI=1S/C11H11NO4/c1-12-5-7-3-2-6(9(13)11(15)16)4-8(7)10(12)14/h2-4,9,13H,5H2,1H3,(H,15,16). The van der Waals surface area contributed by atoms with Gasteiger partial charge in [0.15, 0.2) is 6.10 Å². The topological polar surface area (TPSA) is 77.8 Å². The van der Waals surface area contributed by atoms with Crippen molar-refractivity contribution in [2.24, 2.45) is 0 Å². The number of aliphatic hydroxyl groups is 1. The third-order valence-electron chi connectivity index (χ3n) is 2.67. The van der Waals surface area contributed by atoms with Crippen LogP contribution in [-0.2, 0) is 11.3 Å². The van der Waals surface area contributed by atoms with Gasteiger partial charge in [0.05, 0.1) is 0 Å². The van der Waals surface area contributed by atoms with Crippen LogP contribution in [0.2, 0.25) is 0 Å². The molecule has 0 aliphatic carbocycles. The van der Waals surface area contributed by atoms with E-state index in [1.54, 1.807) is 18.0 Å². The van der Waals surface area contributed by atoms with Crippen molar-refractivity contribution in [2.75, 3.05) is 7.05 Å². The van der Waals surface area contributed by atoms with E-state index < -0.39 is 12.1 Å². The van der Waals surface area contributed by atoms with Crippen LogP contribution in [-0.4, -0.2) is 34.0 Å². The predicted octanol–water partition coefficient (Wildman–Crippen LogP) is 0.390. The summed E-state index contributed by atoms with van der Waals surface area (Å²) >= 11 is 0. The van der Waals surface area contributed by atoms with Crippen LogP contribution in [0.15, 0.2) is 18.2 Å². The van der Waals surface area contributed by atoms with Crippen LogP contribution in [0.1, 0.15) is 27.6 Å². The number of nitrogens with zero attached hydrogens (tertiary/aromatic N) is 1. The van der Waals surface area contributed by atoms with Gasteiger partial charge in [0, 0.05) is 19.2 Å². The molecule has 1 heterocycles. The van der Waals surface area contributed by atoms with Gasteiger partial charge < -0.3 is 15.1 Å². The summed E-state index contributed by atoms with van der Waals surface area (Å²) in [7, 11) is 1.68. The molecule has 2 rings (SSSR count). The fourth-order valence-corrected chi connectivity index (χ4v) is 1.78. The van der Waals surface area contributed by atoms with Crippen molar-refractivity contribution in [3.8, 4) is 0 Å². The fourth-order valence-electron chi connectivity index (χ4n) is 1.78. The van der Waals surface area contributed by atoms with Gasteiger partial charge in [-0.15, -0.1) is 0 Å². The summed E-state index contributed by atoms with van der Waals surface area (Å²) in [6.45, 7) is 0.525. The molecule has 0 bridgehead atoms. The number of benzene rings is 1. The zero-order valence-electron chi connectivity index (χ0n) is 8.67. The maximum atomic E-state index is 11.6. The Bertz CT molecular complexity index is 469. The van der Waals surface area contributed by atoms with Crippen molar-refractivity contribution in [2.45, 2.75) is 12.6 Å². The summed E-state index contributed by atoms with van der Waals surface area (Å²) < 4.78 is 0. The molecule has 1 aliphatic rings. The van der Waals surface area contributed by atoms with Gasteiger partial charge >= 0.3 is 5.97 Å². The Labute approximate surface area is 91.9 Å². The minimum absolute atomic E-state index is 0.144. The third kappa shape index (κ3) is 1.55. The van der Waals surface area contributed by atoms with E-state index in [-0.39, 0.29) is 11.5 Å². The van der Waals surface area contributed by atoms with Crippen molar-refractivity contribution < 1.29 is 19.8 Å². The second-order valence-corrected chi connectivity index (χ2v) is 3.82. The highest BCUT2D eigenvalue weighted by molar-refractivity contribution is 5.98. The molecule has 0 saturated heterocycles. The first kappa shape index (κ1) is 10.6. The number of carbonyl (C=O) groups excluding carboxylic acids is 1. The Morgan fingerprint density at radius 1 is 1.50 bits per heavy atom. The van der Waals surface area contributed by atoms with E-state index in [0.29, 0.717) is 12.1 Å². The van der Waals surface area contributed by atoms with Crippen LogP contribution < -0.4 is 0 Å². The highest BCUT2D eigenvalue weighted by Gasteiger charge is 2.26. The maximum Gasteiger partial charge on any atom is 0.337 e. The summed E-state index contributed by atoms with van der Waals surface area (Å²) in [5.41, 5.74) is 1.56. The van der Waals surface area contributed by atoms with E-state index in [2.05, 4.69) is 0 Å². The van der Waals surface area contributed by atoms with Gasteiger partial charge in [0.2, 0.25) is 0 Å². The van der Waals surface area contributed by atoms with Gasteiger partial charge in [-0.1, -0.05) is 12.1 Å². The van der Waals surface area contributed by atoms with Crippen molar-refractivity contribution in [1.29, 1.82) is 0 Å². The number of hydrogen-bond acceptors (Lipinski definition) is 3. The molecule has 0 radical (unpaired) electrons. The normalized spacial score (nSPS) is 16.1. The smallest absolute Gasteiger partial charge is 0.337 e. The first-order valence-electron chi connectivity index (χ1n) is 4.80.